The number of methoxy groups -OCH3 is 1. The standard InChI is InChI=1S/C17H20N2O2/c1-21-16-8-6-13(7-9-16)17(20)12-14-10-11-19(18-14)15-4-2-3-5-15/h6-11,15H,2-5,12H2,1H3. The number of carbonyl (C=O) groups excluding carboxylic acids is 1. The maximum absolute atomic E-state index is 12.3. The zero-order valence-electron chi connectivity index (χ0n) is 12.3. The molecule has 1 aromatic carbocycles. The number of hydrogen-bond donors (Lipinski definition) is 0. The Bertz CT molecular complexity index is 610. The summed E-state index contributed by atoms with van der Waals surface area (Å²) in [6.07, 6.45) is 7.33. The Kier molecular flexibility index (Phi) is 4.04. The van der Waals surface area contributed by atoms with E-state index in [1.807, 2.05) is 29.1 Å². The van der Waals surface area contributed by atoms with E-state index in [-0.39, 0.29) is 5.78 Å². The number of aromatic nitrogens is 2. The first-order valence-electron chi connectivity index (χ1n) is 7.47. The first kappa shape index (κ1) is 13.9. The lowest BCUT2D eigenvalue weighted by Crippen LogP contribution is -2.08. The van der Waals surface area contributed by atoms with E-state index in [1.165, 1.54) is 25.7 Å². The number of benzene rings is 1. The van der Waals surface area contributed by atoms with Crippen molar-refractivity contribution in [2.75, 3.05) is 7.11 Å². The van der Waals surface area contributed by atoms with Gasteiger partial charge in [0.05, 0.1) is 25.3 Å². The van der Waals surface area contributed by atoms with Gasteiger partial charge >= 0.3 is 0 Å². The van der Waals surface area contributed by atoms with Crippen molar-refractivity contribution in [2.24, 2.45) is 0 Å². The van der Waals surface area contributed by atoms with Crippen LogP contribution in [0.4, 0.5) is 0 Å². The van der Waals surface area contributed by atoms with Gasteiger partial charge in [0.15, 0.2) is 5.78 Å². The number of nitrogens with zero attached hydrogens (tertiary/aromatic N) is 2. The van der Waals surface area contributed by atoms with Crippen molar-refractivity contribution >= 4 is 5.78 Å². The summed E-state index contributed by atoms with van der Waals surface area (Å²) in [6, 6.07) is 9.70. The van der Waals surface area contributed by atoms with Gasteiger partial charge in [-0.25, -0.2) is 0 Å². The summed E-state index contributed by atoms with van der Waals surface area (Å²) in [7, 11) is 1.62. The van der Waals surface area contributed by atoms with Crippen molar-refractivity contribution in [2.45, 2.75) is 38.1 Å². The van der Waals surface area contributed by atoms with Gasteiger partial charge in [-0.15, -0.1) is 0 Å². The zero-order chi connectivity index (χ0) is 14.7. The van der Waals surface area contributed by atoms with Crippen LogP contribution in [0, 0.1) is 0 Å². The van der Waals surface area contributed by atoms with E-state index in [2.05, 4.69) is 5.10 Å². The summed E-state index contributed by atoms with van der Waals surface area (Å²) in [5.74, 6) is 0.853. The lowest BCUT2D eigenvalue weighted by molar-refractivity contribution is 0.0991. The molecule has 0 saturated heterocycles. The second kappa shape index (κ2) is 6.12. The molecule has 1 aliphatic rings. The molecule has 0 atom stereocenters. The molecule has 1 fully saturated rings. The van der Waals surface area contributed by atoms with Crippen molar-refractivity contribution in [1.29, 1.82) is 0 Å². The normalized spacial score (nSPS) is 15.3. The average Bonchev–Trinajstić information content (AvgIpc) is 3.18. The number of ether oxygens (including phenoxy) is 1. The smallest absolute Gasteiger partial charge is 0.168 e. The molecule has 0 aliphatic heterocycles. The summed E-state index contributed by atoms with van der Waals surface area (Å²) in [4.78, 5) is 12.3. The van der Waals surface area contributed by atoms with Gasteiger partial charge < -0.3 is 4.74 Å². The lowest BCUT2D eigenvalue weighted by Gasteiger charge is -2.08. The molecule has 110 valence electrons. The monoisotopic (exact) mass is 284 g/mol. The number of carbonyl (C=O) groups is 1. The summed E-state index contributed by atoms with van der Waals surface area (Å²) in [5, 5.41) is 4.56. The van der Waals surface area contributed by atoms with E-state index in [1.54, 1.807) is 19.2 Å². The fraction of sp³-hybridized carbons (Fsp3) is 0.412. The predicted octanol–water partition coefficient (Wildman–Crippen LogP) is 3.43. The van der Waals surface area contributed by atoms with E-state index in [4.69, 9.17) is 4.74 Å². The third-order valence-electron chi connectivity index (χ3n) is 4.12. The van der Waals surface area contributed by atoms with Crippen LogP contribution in [-0.2, 0) is 6.42 Å². The van der Waals surface area contributed by atoms with E-state index in [0.29, 0.717) is 18.0 Å². The summed E-state index contributed by atoms with van der Waals surface area (Å²) in [6.45, 7) is 0. The Balaban J connectivity index is 1.66. The van der Waals surface area contributed by atoms with Gasteiger partial charge in [0.2, 0.25) is 0 Å². The van der Waals surface area contributed by atoms with Crippen molar-refractivity contribution in [3.63, 3.8) is 0 Å². The van der Waals surface area contributed by atoms with E-state index in [9.17, 15) is 4.79 Å². The Morgan fingerprint density at radius 3 is 2.62 bits per heavy atom. The molecule has 21 heavy (non-hydrogen) atoms. The van der Waals surface area contributed by atoms with Gasteiger partial charge in [0.1, 0.15) is 5.75 Å². The molecule has 1 heterocycles. The van der Waals surface area contributed by atoms with E-state index >= 15 is 0 Å². The van der Waals surface area contributed by atoms with Gasteiger partial charge in [0, 0.05) is 11.8 Å². The van der Waals surface area contributed by atoms with Crippen LogP contribution in [0.2, 0.25) is 0 Å². The number of ketones is 1. The van der Waals surface area contributed by atoms with Crippen LogP contribution in [0.3, 0.4) is 0 Å². The third kappa shape index (κ3) is 3.15. The molecule has 4 nitrogen and oxygen atoms in total. The van der Waals surface area contributed by atoms with Gasteiger partial charge in [-0.1, -0.05) is 12.8 Å². The Hall–Kier alpha value is -2.10. The fourth-order valence-corrected chi connectivity index (χ4v) is 2.89. The SMILES string of the molecule is COc1ccc(C(=O)Cc2ccn(C3CCCC3)n2)cc1. The number of Topliss-reactive ketones (excluding diaryl/α,β-unsaturated/α-hetero) is 1. The van der Waals surface area contributed by atoms with Crippen LogP contribution in [0.25, 0.3) is 0 Å². The highest BCUT2D eigenvalue weighted by atomic mass is 16.5. The molecule has 3 rings (SSSR count). The predicted molar refractivity (Wildman–Crippen MR) is 80.8 cm³/mol. The Morgan fingerprint density at radius 2 is 1.95 bits per heavy atom. The molecule has 4 heteroatoms. The highest BCUT2D eigenvalue weighted by Gasteiger charge is 2.18. The van der Waals surface area contributed by atoms with Crippen LogP contribution >= 0.6 is 0 Å². The van der Waals surface area contributed by atoms with Crippen LogP contribution < -0.4 is 4.74 Å². The zero-order valence-corrected chi connectivity index (χ0v) is 12.3. The molecule has 0 spiro atoms. The Labute approximate surface area is 124 Å². The first-order valence-corrected chi connectivity index (χ1v) is 7.47. The van der Waals surface area contributed by atoms with Crippen LogP contribution in [0.15, 0.2) is 36.5 Å². The van der Waals surface area contributed by atoms with Gasteiger partial charge in [-0.3, -0.25) is 9.48 Å². The largest absolute Gasteiger partial charge is 0.497 e. The second-order valence-electron chi connectivity index (χ2n) is 5.55. The number of rotatable bonds is 5. The second-order valence-corrected chi connectivity index (χ2v) is 5.55. The van der Waals surface area contributed by atoms with Gasteiger partial charge in [-0.2, -0.15) is 5.10 Å². The minimum atomic E-state index is 0.0920. The average molecular weight is 284 g/mol. The number of hydrogen-bond acceptors (Lipinski definition) is 3. The maximum Gasteiger partial charge on any atom is 0.168 e. The molecular weight excluding hydrogens is 264 g/mol. The quantitative estimate of drug-likeness (QED) is 0.790. The molecule has 2 aromatic rings. The highest BCUT2D eigenvalue weighted by Crippen LogP contribution is 2.28. The molecule has 1 aliphatic carbocycles. The lowest BCUT2D eigenvalue weighted by atomic mass is 10.1. The molecule has 0 unspecified atom stereocenters. The van der Waals surface area contributed by atoms with Gasteiger partial charge in [0.25, 0.3) is 0 Å². The molecule has 0 N–H and O–H groups in total. The molecular formula is C17H20N2O2. The summed E-state index contributed by atoms with van der Waals surface area (Å²) in [5.41, 5.74) is 1.55. The molecule has 0 bridgehead atoms. The van der Waals surface area contributed by atoms with Crippen molar-refractivity contribution in [3.05, 3.63) is 47.8 Å². The summed E-state index contributed by atoms with van der Waals surface area (Å²) >= 11 is 0. The minimum absolute atomic E-state index is 0.0920. The van der Waals surface area contributed by atoms with Crippen LogP contribution in [-0.4, -0.2) is 22.7 Å². The first-order chi connectivity index (χ1) is 10.3. The molecule has 0 radical (unpaired) electrons. The van der Waals surface area contributed by atoms with Crippen LogP contribution in [0.1, 0.15) is 47.8 Å². The fourth-order valence-electron chi connectivity index (χ4n) is 2.89. The van der Waals surface area contributed by atoms with Crippen LogP contribution in [0.5, 0.6) is 5.75 Å². The van der Waals surface area contributed by atoms with Crippen molar-refractivity contribution in [3.8, 4) is 5.75 Å². The minimum Gasteiger partial charge on any atom is -0.497 e. The third-order valence-corrected chi connectivity index (χ3v) is 4.12. The maximum atomic E-state index is 12.3. The summed E-state index contributed by atoms with van der Waals surface area (Å²) < 4.78 is 7.13. The van der Waals surface area contributed by atoms with Crippen molar-refractivity contribution in [1.82, 2.24) is 9.78 Å². The van der Waals surface area contributed by atoms with Crippen molar-refractivity contribution < 1.29 is 9.53 Å². The van der Waals surface area contributed by atoms with E-state index in [0.717, 1.165) is 11.4 Å². The topological polar surface area (TPSA) is 44.1 Å². The molecule has 1 aromatic heterocycles. The van der Waals surface area contributed by atoms with E-state index < -0.39 is 0 Å². The van der Waals surface area contributed by atoms with Gasteiger partial charge in [-0.05, 0) is 43.2 Å². The highest BCUT2D eigenvalue weighted by molar-refractivity contribution is 5.97. The molecule has 1 saturated carbocycles. The molecule has 0 amide bonds. The Morgan fingerprint density at radius 1 is 1.24 bits per heavy atom.